The Morgan fingerprint density at radius 1 is 1.12 bits per heavy atom. The molecule has 0 aliphatic rings. The van der Waals surface area contributed by atoms with Crippen LogP contribution in [0.15, 0.2) is 58.4 Å². The van der Waals surface area contributed by atoms with Crippen molar-refractivity contribution in [3.8, 4) is 5.75 Å². The molecular weight excluding hydrogens is 374 g/mol. The van der Waals surface area contributed by atoms with Crippen LogP contribution >= 0.6 is 11.3 Å². The van der Waals surface area contributed by atoms with E-state index in [1.807, 2.05) is 24.3 Å². The predicted molar refractivity (Wildman–Crippen MR) is 102 cm³/mol. The summed E-state index contributed by atoms with van der Waals surface area (Å²) in [5.41, 5.74) is 6.97. The first-order chi connectivity index (χ1) is 12.5. The first-order valence-corrected chi connectivity index (χ1v) is 9.66. The number of nitrogens with two attached hydrogens (primary N) is 1. The van der Waals surface area contributed by atoms with Gasteiger partial charge < -0.3 is 10.5 Å². The Kier molecular flexibility index (Phi) is 5.14. The maximum absolute atomic E-state index is 12.3. The largest absolute Gasteiger partial charge is 0.497 e. The van der Waals surface area contributed by atoms with Gasteiger partial charge in [-0.25, -0.2) is 8.42 Å². The van der Waals surface area contributed by atoms with Crippen molar-refractivity contribution >= 4 is 43.5 Å². The molecule has 8 nitrogen and oxygen atoms in total. The van der Waals surface area contributed by atoms with Crippen LogP contribution in [0.5, 0.6) is 5.75 Å². The average Bonchev–Trinajstić information content (AvgIpc) is 3.05. The number of sulfonamides is 1. The lowest BCUT2D eigenvalue weighted by Crippen LogP contribution is -2.12. The summed E-state index contributed by atoms with van der Waals surface area (Å²) in [5.74, 6) is 0.765. The number of nitrogens with one attached hydrogen (secondary N) is 1. The minimum atomic E-state index is -3.75. The van der Waals surface area contributed by atoms with Gasteiger partial charge in [0.25, 0.3) is 10.0 Å². The van der Waals surface area contributed by atoms with Crippen LogP contribution in [0.25, 0.3) is 0 Å². The van der Waals surface area contributed by atoms with E-state index in [-0.39, 0.29) is 15.2 Å². The van der Waals surface area contributed by atoms with Gasteiger partial charge in [0.05, 0.1) is 17.7 Å². The molecule has 0 amide bonds. The van der Waals surface area contributed by atoms with Crippen molar-refractivity contribution in [2.75, 3.05) is 17.6 Å². The first kappa shape index (κ1) is 17.8. The van der Waals surface area contributed by atoms with Crippen molar-refractivity contribution in [1.29, 1.82) is 0 Å². The summed E-state index contributed by atoms with van der Waals surface area (Å²) in [6.45, 7) is 0. The van der Waals surface area contributed by atoms with Gasteiger partial charge in [-0.3, -0.25) is 9.71 Å². The monoisotopic (exact) mass is 389 g/mol. The van der Waals surface area contributed by atoms with Crippen molar-refractivity contribution in [2.45, 2.75) is 4.90 Å². The molecular formula is C16H15N5O3S2. The number of benzene rings is 2. The molecule has 0 aliphatic heterocycles. The van der Waals surface area contributed by atoms with Gasteiger partial charge in [0.2, 0.25) is 10.3 Å². The molecule has 0 aliphatic carbocycles. The van der Waals surface area contributed by atoms with Gasteiger partial charge in [-0.15, -0.1) is 10.2 Å². The van der Waals surface area contributed by atoms with E-state index in [9.17, 15) is 8.42 Å². The van der Waals surface area contributed by atoms with Crippen molar-refractivity contribution < 1.29 is 13.2 Å². The fraction of sp³-hybridized carbons (Fsp3) is 0.0625. The number of nitrogen functional groups attached to an aromatic ring is 1. The maximum Gasteiger partial charge on any atom is 0.263 e. The highest BCUT2D eigenvalue weighted by Gasteiger charge is 2.16. The predicted octanol–water partition coefficient (Wildman–Crippen LogP) is 2.68. The molecule has 3 aromatic rings. The van der Waals surface area contributed by atoms with Crippen LogP contribution in [0.3, 0.4) is 0 Å². The molecule has 0 bridgehead atoms. The van der Waals surface area contributed by atoms with Gasteiger partial charge in [0.1, 0.15) is 5.75 Å². The Morgan fingerprint density at radius 2 is 1.81 bits per heavy atom. The normalized spacial score (nSPS) is 11.6. The van der Waals surface area contributed by atoms with E-state index >= 15 is 0 Å². The molecule has 0 radical (unpaired) electrons. The lowest BCUT2D eigenvalue weighted by molar-refractivity contribution is 0.415. The molecule has 3 N–H and O–H groups in total. The highest BCUT2D eigenvalue weighted by Crippen LogP contribution is 2.22. The van der Waals surface area contributed by atoms with E-state index in [1.54, 1.807) is 25.5 Å². The molecule has 3 rings (SSSR count). The lowest BCUT2D eigenvalue weighted by Gasteiger charge is -2.04. The third kappa shape index (κ3) is 4.35. The zero-order chi connectivity index (χ0) is 18.6. The zero-order valence-electron chi connectivity index (χ0n) is 13.7. The molecule has 134 valence electrons. The second kappa shape index (κ2) is 7.50. The van der Waals surface area contributed by atoms with Gasteiger partial charge in [0, 0.05) is 6.21 Å². The van der Waals surface area contributed by atoms with Crippen LogP contribution in [0, 0.1) is 0 Å². The number of hydrogen-bond acceptors (Lipinski definition) is 8. The highest BCUT2D eigenvalue weighted by molar-refractivity contribution is 7.93. The Bertz CT molecular complexity index is 1010. The van der Waals surface area contributed by atoms with E-state index < -0.39 is 10.0 Å². The molecule has 0 spiro atoms. The number of rotatable bonds is 6. The summed E-state index contributed by atoms with van der Waals surface area (Å²) >= 11 is 0.954. The SMILES string of the molecule is COc1ccc(C=Nc2ccc(S(=O)(=O)Nc3nnc(N)s3)cc2)cc1. The third-order valence-corrected chi connectivity index (χ3v) is 5.44. The van der Waals surface area contributed by atoms with E-state index in [2.05, 4.69) is 19.9 Å². The fourth-order valence-corrected chi connectivity index (χ4v) is 3.74. The summed E-state index contributed by atoms with van der Waals surface area (Å²) in [6, 6.07) is 13.6. The number of aromatic nitrogens is 2. The van der Waals surface area contributed by atoms with Crippen molar-refractivity contribution in [3.05, 3.63) is 54.1 Å². The quantitative estimate of drug-likeness (QED) is 0.626. The molecule has 0 saturated carbocycles. The van der Waals surface area contributed by atoms with Crippen molar-refractivity contribution in [2.24, 2.45) is 4.99 Å². The number of methoxy groups -OCH3 is 1. The number of ether oxygens (including phenoxy) is 1. The van der Waals surface area contributed by atoms with Crippen LogP contribution in [-0.2, 0) is 10.0 Å². The summed E-state index contributed by atoms with van der Waals surface area (Å²) in [7, 11) is -2.15. The highest BCUT2D eigenvalue weighted by atomic mass is 32.2. The van der Waals surface area contributed by atoms with Gasteiger partial charge in [-0.05, 0) is 54.1 Å². The average molecular weight is 389 g/mol. The summed E-state index contributed by atoms with van der Waals surface area (Å²) < 4.78 is 32.0. The molecule has 0 atom stereocenters. The Morgan fingerprint density at radius 3 is 2.38 bits per heavy atom. The van der Waals surface area contributed by atoms with E-state index in [1.165, 1.54) is 12.1 Å². The van der Waals surface area contributed by atoms with Crippen LogP contribution < -0.4 is 15.2 Å². The molecule has 0 saturated heterocycles. The van der Waals surface area contributed by atoms with Crippen molar-refractivity contribution in [3.63, 3.8) is 0 Å². The molecule has 10 heteroatoms. The van der Waals surface area contributed by atoms with Crippen LogP contribution in [0.1, 0.15) is 5.56 Å². The summed E-state index contributed by atoms with van der Waals surface area (Å²) in [4.78, 5) is 4.42. The van der Waals surface area contributed by atoms with Crippen LogP contribution in [0.2, 0.25) is 0 Å². The Labute approximate surface area is 154 Å². The summed E-state index contributed by atoms with van der Waals surface area (Å²) in [5, 5.41) is 7.51. The first-order valence-electron chi connectivity index (χ1n) is 7.36. The molecule has 0 unspecified atom stereocenters. The number of aliphatic imine (C=N–C) groups is 1. The molecule has 1 aromatic heterocycles. The molecule has 0 fully saturated rings. The van der Waals surface area contributed by atoms with E-state index in [0.29, 0.717) is 5.69 Å². The molecule has 26 heavy (non-hydrogen) atoms. The van der Waals surface area contributed by atoms with Gasteiger partial charge >= 0.3 is 0 Å². The number of nitrogens with zero attached hydrogens (tertiary/aromatic N) is 3. The van der Waals surface area contributed by atoms with Crippen molar-refractivity contribution in [1.82, 2.24) is 10.2 Å². The Hall–Kier alpha value is -2.98. The fourth-order valence-electron chi connectivity index (χ4n) is 2.00. The van der Waals surface area contributed by atoms with Gasteiger partial charge in [-0.2, -0.15) is 0 Å². The van der Waals surface area contributed by atoms with Gasteiger partial charge in [-0.1, -0.05) is 11.3 Å². The van der Waals surface area contributed by atoms with Crippen LogP contribution in [0.4, 0.5) is 16.0 Å². The number of hydrogen-bond donors (Lipinski definition) is 2. The second-order valence-electron chi connectivity index (χ2n) is 5.08. The van der Waals surface area contributed by atoms with E-state index in [4.69, 9.17) is 10.5 Å². The lowest BCUT2D eigenvalue weighted by atomic mass is 10.2. The van der Waals surface area contributed by atoms with Gasteiger partial charge in [0.15, 0.2) is 0 Å². The minimum absolute atomic E-state index is 0.0923. The number of anilines is 2. The maximum atomic E-state index is 12.3. The summed E-state index contributed by atoms with van der Waals surface area (Å²) in [6.07, 6.45) is 1.69. The standard InChI is InChI=1S/C16H15N5O3S2/c1-24-13-6-2-11(3-7-13)10-18-12-4-8-14(9-5-12)26(22,23)21-16-20-19-15(17)25-16/h2-10H,1H3,(H2,17,19)(H,20,21). The zero-order valence-corrected chi connectivity index (χ0v) is 15.3. The topological polar surface area (TPSA) is 120 Å². The Balaban J connectivity index is 1.71. The third-order valence-electron chi connectivity index (χ3n) is 3.29. The molecule has 2 aromatic carbocycles. The van der Waals surface area contributed by atoms with E-state index in [0.717, 1.165) is 22.6 Å². The second-order valence-corrected chi connectivity index (χ2v) is 7.77. The minimum Gasteiger partial charge on any atom is -0.497 e. The molecule has 1 heterocycles. The smallest absolute Gasteiger partial charge is 0.263 e. The van der Waals surface area contributed by atoms with Crippen LogP contribution in [-0.4, -0.2) is 31.9 Å².